The van der Waals surface area contributed by atoms with Gasteiger partial charge in [0.15, 0.2) is 9.84 Å². The fraction of sp³-hybridized carbons (Fsp3) is 0.567. The predicted octanol–water partition coefficient (Wildman–Crippen LogP) is 5.75. The first kappa shape index (κ1) is 30.5. The van der Waals surface area contributed by atoms with Crippen molar-refractivity contribution in [3.63, 3.8) is 0 Å². The number of alkyl halides is 3. The standard InChI is InChI=1S/C30H40F3N3O3S/c1-28(2,3)20-35-19-21-13-14-23-22(17-21)9-8-11-25(23)36-16-7-6-15-29(36,18-27(34)37)40(38,39)26-12-5-4-10-24(26)30(31,32)33/h4-5,10,12-14,17,25,35H,6-9,11,15-16,18-20H2,1-3H3,(H2,34,37). The summed E-state index contributed by atoms with van der Waals surface area (Å²) in [5, 5.41) is 3.48. The number of halogens is 3. The van der Waals surface area contributed by atoms with Gasteiger partial charge in [-0.05, 0) is 72.8 Å². The number of fused-ring (bicyclic) bond motifs is 1. The lowest BCUT2D eigenvalue weighted by molar-refractivity contribution is -0.139. The van der Waals surface area contributed by atoms with Crippen molar-refractivity contribution in [2.24, 2.45) is 11.1 Å². The number of aryl methyl sites for hydroxylation is 1. The Balaban J connectivity index is 1.78. The van der Waals surface area contributed by atoms with Crippen LogP contribution in [0.5, 0.6) is 0 Å². The van der Waals surface area contributed by atoms with Crippen molar-refractivity contribution in [2.75, 3.05) is 13.1 Å². The first-order valence-electron chi connectivity index (χ1n) is 13.9. The summed E-state index contributed by atoms with van der Waals surface area (Å²) in [5.41, 5.74) is 7.76. The van der Waals surface area contributed by atoms with Crippen LogP contribution in [0.3, 0.4) is 0 Å². The topological polar surface area (TPSA) is 92.5 Å². The fourth-order valence-electron chi connectivity index (χ4n) is 6.31. The van der Waals surface area contributed by atoms with Crippen LogP contribution in [0.25, 0.3) is 0 Å². The molecule has 1 aliphatic carbocycles. The molecule has 10 heteroatoms. The second-order valence-corrected chi connectivity index (χ2v) is 14.5. The molecule has 1 fully saturated rings. The molecular weight excluding hydrogens is 539 g/mol. The maximum Gasteiger partial charge on any atom is 0.417 e. The summed E-state index contributed by atoms with van der Waals surface area (Å²) in [6.07, 6.45) is -1.98. The Hall–Kier alpha value is -2.43. The van der Waals surface area contributed by atoms with E-state index in [9.17, 15) is 26.4 Å². The van der Waals surface area contributed by atoms with Gasteiger partial charge in [-0.2, -0.15) is 13.2 Å². The largest absolute Gasteiger partial charge is 0.417 e. The quantitative estimate of drug-likeness (QED) is 0.416. The zero-order valence-electron chi connectivity index (χ0n) is 23.5. The van der Waals surface area contributed by atoms with Crippen LogP contribution < -0.4 is 11.1 Å². The molecule has 4 rings (SSSR count). The molecule has 0 saturated carbocycles. The van der Waals surface area contributed by atoms with Gasteiger partial charge in [-0.1, -0.05) is 51.1 Å². The van der Waals surface area contributed by atoms with Crippen LogP contribution in [0.1, 0.15) is 87.6 Å². The number of piperidine rings is 1. The van der Waals surface area contributed by atoms with Gasteiger partial charge < -0.3 is 11.1 Å². The lowest BCUT2D eigenvalue weighted by atomic mass is 9.83. The Bertz CT molecular complexity index is 1340. The molecule has 0 bridgehead atoms. The summed E-state index contributed by atoms with van der Waals surface area (Å²) >= 11 is 0. The van der Waals surface area contributed by atoms with E-state index in [1.165, 1.54) is 12.1 Å². The number of carbonyl (C=O) groups is 1. The molecule has 2 unspecified atom stereocenters. The lowest BCUT2D eigenvalue weighted by Gasteiger charge is -2.51. The number of amides is 1. The van der Waals surface area contributed by atoms with E-state index in [4.69, 9.17) is 5.73 Å². The van der Waals surface area contributed by atoms with E-state index >= 15 is 0 Å². The maximum atomic E-state index is 14.4. The summed E-state index contributed by atoms with van der Waals surface area (Å²) in [4.78, 5) is 11.5. The number of carbonyl (C=O) groups excluding carboxylic acids is 1. The number of sulfone groups is 1. The molecule has 220 valence electrons. The number of nitrogens with one attached hydrogen (secondary N) is 1. The van der Waals surface area contributed by atoms with Crippen LogP contribution in [0, 0.1) is 5.41 Å². The minimum atomic E-state index is -4.87. The molecular formula is C30H40F3N3O3S. The first-order chi connectivity index (χ1) is 18.7. The Morgan fingerprint density at radius 3 is 2.50 bits per heavy atom. The molecule has 1 aliphatic heterocycles. The molecule has 6 nitrogen and oxygen atoms in total. The van der Waals surface area contributed by atoms with Crippen molar-refractivity contribution < 1.29 is 26.4 Å². The number of rotatable bonds is 8. The van der Waals surface area contributed by atoms with Gasteiger partial charge in [0, 0.05) is 25.7 Å². The average molecular weight is 580 g/mol. The molecule has 0 spiro atoms. The minimum absolute atomic E-state index is 0.0328. The molecule has 0 radical (unpaired) electrons. The molecule has 1 amide bonds. The smallest absolute Gasteiger partial charge is 0.370 e. The SMILES string of the molecule is CC(C)(C)CNCc1ccc2c(c1)CCCC2N1CCCCC1(CC(N)=O)S(=O)(=O)c1ccccc1C(F)(F)F. The highest BCUT2D eigenvalue weighted by Crippen LogP contribution is 2.49. The van der Waals surface area contributed by atoms with Crippen molar-refractivity contribution in [2.45, 2.75) is 94.2 Å². The Morgan fingerprint density at radius 1 is 1.10 bits per heavy atom. The van der Waals surface area contributed by atoms with Gasteiger partial charge in [0.1, 0.15) is 4.87 Å². The highest BCUT2D eigenvalue weighted by molar-refractivity contribution is 7.92. The lowest BCUT2D eigenvalue weighted by Crippen LogP contribution is -2.60. The molecule has 2 aromatic rings. The summed E-state index contributed by atoms with van der Waals surface area (Å²) in [6, 6.07) is 10.1. The second kappa shape index (κ2) is 11.4. The van der Waals surface area contributed by atoms with E-state index in [0.717, 1.165) is 48.2 Å². The number of primary amides is 1. The van der Waals surface area contributed by atoms with Crippen LogP contribution in [-0.2, 0) is 33.8 Å². The monoisotopic (exact) mass is 579 g/mol. The van der Waals surface area contributed by atoms with Crippen molar-refractivity contribution in [1.82, 2.24) is 10.2 Å². The van der Waals surface area contributed by atoms with Crippen LogP contribution >= 0.6 is 0 Å². The van der Waals surface area contributed by atoms with E-state index in [-0.39, 0.29) is 17.9 Å². The molecule has 1 heterocycles. The highest BCUT2D eigenvalue weighted by Gasteiger charge is 2.55. The van der Waals surface area contributed by atoms with Gasteiger partial charge in [-0.25, -0.2) is 8.42 Å². The van der Waals surface area contributed by atoms with Crippen molar-refractivity contribution in [3.8, 4) is 0 Å². The second-order valence-electron chi connectivity index (χ2n) is 12.3. The summed E-state index contributed by atoms with van der Waals surface area (Å²) in [6.45, 7) is 8.39. The van der Waals surface area contributed by atoms with Gasteiger partial charge in [0.25, 0.3) is 0 Å². The first-order valence-corrected chi connectivity index (χ1v) is 15.4. The zero-order valence-corrected chi connectivity index (χ0v) is 24.3. The number of nitrogens with zero attached hydrogens (tertiary/aromatic N) is 1. The predicted molar refractivity (Wildman–Crippen MR) is 149 cm³/mol. The zero-order chi connectivity index (χ0) is 29.3. The Morgan fingerprint density at radius 2 is 1.82 bits per heavy atom. The van der Waals surface area contributed by atoms with Crippen LogP contribution in [0.4, 0.5) is 13.2 Å². The minimum Gasteiger partial charge on any atom is -0.370 e. The summed E-state index contributed by atoms with van der Waals surface area (Å²) in [7, 11) is -4.67. The van der Waals surface area contributed by atoms with Gasteiger partial charge in [0.2, 0.25) is 5.91 Å². The van der Waals surface area contributed by atoms with Crippen molar-refractivity contribution >= 4 is 15.7 Å². The molecule has 40 heavy (non-hydrogen) atoms. The molecule has 3 N–H and O–H groups in total. The van der Waals surface area contributed by atoms with E-state index in [0.29, 0.717) is 32.4 Å². The van der Waals surface area contributed by atoms with Crippen LogP contribution in [-0.4, -0.2) is 37.2 Å². The Kier molecular flexibility index (Phi) is 8.74. The fourth-order valence-corrected chi connectivity index (χ4v) is 8.73. The van der Waals surface area contributed by atoms with Gasteiger partial charge in [0.05, 0.1) is 16.9 Å². The van der Waals surface area contributed by atoms with E-state index in [1.807, 2.05) is 12.1 Å². The number of benzene rings is 2. The third kappa shape index (κ3) is 6.24. The van der Waals surface area contributed by atoms with Crippen molar-refractivity contribution in [1.29, 1.82) is 0 Å². The number of nitrogens with two attached hydrogens (primary N) is 1. The summed E-state index contributed by atoms with van der Waals surface area (Å²) in [5.74, 6) is -0.851. The average Bonchev–Trinajstić information content (AvgIpc) is 2.87. The van der Waals surface area contributed by atoms with Crippen LogP contribution in [0.15, 0.2) is 47.4 Å². The molecule has 1 saturated heterocycles. The number of hydrogen-bond acceptors (Lipinski definition) is 5. The molecule has 2 atom stereocenters. The highest BCUT2D eigenvalue weighted by atomic mass is 32.2. The van der Waals surface area contributed by atoms with E-state index in [2.05, 4.69) is 32.2 Å². The molecule has 2 aliphatic rings. The number of hydrogen-bond donors (Lipinski definition) is 2. The third-order valence-corrected chi connectivity index (χ3v) is 10.5. The summed E-state index contributed by atoms with van der Waals surface area (Å²) < 4.78 is 70.7. The van der Waals surface area contributed by atoms with Gasteiger partial charge >= 0.3 is 6.18 Å². The molecule has 0 aromatic heterocycles. The Labute approximate surface area is 235 Å². The van der Waals surface area contributed by atoms with Crippen LogP contribution in [0.2, 0.25) is 0 Å². The maximum absolute atomic E-state index is 14.4. The molecule has 2 aromatic carbocycles. The van der Waals surface area contributed by atoms with Crippen molar-refractivity contribution in [3.05, 3.63) is 64.7 Å². The third-order valence-electron chi connectivity index (χ3n) is 8.02. The van der Waals surface area contributed by atoms with E-state index in [1.54, 1.807) is 4.90 Å². The normalized spacial score (nSPS) is 22.6. The van der Waals surface area contributed by atoms with Gasteiger partial charge in [-0.15, -0.1) is 0 Å². The van der Waals surface area contributed by atoms with Gasteiger partial charge in [-0.3, -0.25) is 9.69 Å². The van der Waals surface area contributed by atoms with E-state index < -0.39 is 43.7 Å². The number of likely N-dealkylation sites (tertiary alicyclic amines) is 1.